The summed E-state index contributed by atoms with van der Waals surface area (Å²) in [5.41, 5.74) is 1.19. The number of nitrogens with zero attached hydrogens (tertiary/aromatic N) is 7. The van der Waals surface area contributed by atoms with Crippen LogP contribution in [0, 0.1) is 6.92 Å². The molecule has 1 aliphatic heterocycles. The molecule has 5 rings (SSSR count). The van der Waals surface area contributed by atoms with Gasteiger partial charge in [-0.25, -0.2) is 9.97 Å². The van der Waals surface area contributed by atoms with Crippen LogP contribution in [0.2, 0.25) is 0 Å². The van der Waals surface area contributed by atoms with E-state index in [1.807, 2.05) is 6.92 Å². The molecule has 176 valence electrons. The molecule has 1 atom stereocenters. The Balaban J connectivity index is 1.28. The van der Waals surface area contributed by atoms with Crippen LogP contribution in [0.25, 0.3) is 11.4 Å². The topological polar surface area (TPSA) is 106 Å². The van der Waals surface area contributed by atoms with Gasteiger partial charge in [-0.2, -0.15) is 23.1 Å². The van der Waals surface area contributed by atoms with Gasteiger partial charge in [0.15, 0.2) is 5.13 Å². The van der Waals surface area contributed by atoms with Gasteiger partial charge in [-0.15, -0.1) is 11.3 Å². The average Bonchev–Trinajstić information content (AvgIpc) is 3.49. The predicted molar refractivity (Wildman–Crippen MR) is 119 cm³/mol. The summed E-state index contributed by atoms with van der Waals surface area (Å²) in [6, 6.07) is 5.24. The molecular weight excluding hydrogens is 469 g/mol. The Morgan fingerprint density at radius 2 is 2.00 bits per heavy atom. The standard InChI is InChI=1S/C21H19F3N8OS/c1-12-9-27-20(34-12)29-16-6-7-25-19(28-16)32-8-2-3-14(11-32)15-5-4-13(10-26-15)17-30-18(33-31-17)21(22,23)24/h4-7,9-10,14H,2-3,8,11H2,1H3,(H,25,27,28,29)/t14-/m1/s1. The van der Waals surface area contributed by atoms with Crippen molar-refractivity contribution in [2.45, 2.75) is 31.9 Å². The molecule has 0 aliphatic carbocycles. The number of aryl methyl sites for hydroxylation is 1. The van der Waals surface area contributed by atoms with Gasteiger partial charge < -0.3 is 14.7 Å². The van der Waals surface area contributed by atoms with E-state index in [4.69, 9.17) is 0 Å². The highest BCUT2D eigenvalue weighted by molar-refractivity contribution is 7.15. The second-order valence-corrected chi connectivity index (χ2v) is 9.06. The van der Waals surface area contributed by atoms with Gasteiger partial charge in [0.1, 0.15) is 5.82 Å². The molecule has 9 nitrogen and oxygen atoms in total. The van der Waals surface area contributed by atoms with E-state index in [1.54, 1.807) is 41.9 Å². The Bertz CT molecular complexity index is 1270. The number of pyridine rings is 1. The van der Waals surface area contributed by atoms with Gasteiger partial charge in [-0.1, -0.05) is 5.16 Å². The molecule has 13 heteroatoms. The summed E-state index contributed by atoms with van der Waals surface area (Å²) in [7, 11) is 0. The number of thiazole rings is 1. The first-order chi connectivity index (χ1) is 16.3. The molecule has 1 aliphatic rings. The second-order valence-electron chi connectivity index (χ2n) is 7.82. The molecule has 0 aromatic carbocycles. The van der Waals surface area contributed by atoms with E-state index in [9.17, 15) is 13.2 Å². The van der Waals surface area contributed by atoms with Crippen LogP contribution in [-0.2, 0) is 6.18 Å². The summed E-state index contributed by atoms with van der Waals surface area (Å²) >= 11 is 1.55. The van der Waals surface area contributed by atoms with Crippen molar-refractivity contribution in [2.75, 3.05) is 23.3 Å². The van der Waals surface area contributed by atoms with E-state index >= 15 is 0 Å². The lowest BCUT2D eigenvalue weighted by molar-refractivity contribution is -0.159. The molecule has 5 heterocycles. The Hall–Kier alpha value is -3.61. The summed E-state index contributed by atoms with van der Waals surface area (Å²) in [5.74, 6) is -0.116. The molecule has 0 spiro atoms. The molecule has 34 heavy (non-hydrogen) atoms. The zero-order chi connectivity index (χ0) is 23.7. The van der Waals surface area contributed by atoms with Crippen LogP contribution in [0.4, 0.5) is 30.1 Å². The molecule has 1 N–H and O–H groups in total. The smallest absolute Gasteiger partial charge is 0.340 e. The molecule has 4 aromatic heterocycles. The maximum Gasteiger partial charge on any atom is 0.471 e. The van der Waals surface area contributed by atoms with Crippen LogP contribution in [-0.4, -0.2) is 43.2 Å². The highest BCUT2D eigenvalue weighted by Crippen LogP contribution is 2.31. The quantitative estimate of drug-likeness (QED) is 0.423. The van der Waals surface area contributed by atoms with E-state index in [2.05, 4.69) is 44.8 Å². The average molecular weight is 488 g/mol. The summed E-state index contributed by atoms with van der Waals surface area (Å²) < 4.78 is 42.4. The third-order valence-corrected chi connectivity index (χ3v) is 6.16. The van der Waals surface area contributed by atoms with Crippen LogP contribution in [0.1, 0.15) is 35.2 Å². The van der Waals surface area contributed by atoms with Crippen LogP contribution in [0.15, 0.2) is 41.3 Å². The van der Waals surface area contributed by atoms with Crippen LogP contribution in [0.5, 0.6) is 0 Å². The normalized spacial score (nSPS) is 16.6. The van der Waals surface area contributed by atoms with Crippen molar-refractivity contribution in [3.05, 3.63) is 53.3 Å². The van der Waals surface area contributed by atoms with E-state index in [0.717, 1.165) is 35.1 Å². The third-order valence-electron chi connectivity index (χ3n) is 5.33. The number of aromatic nitrogens is 6. The molecule has 1 fully saturated rings. The van der Waals surface area contributed by atoms with E-state index in [0.29, 0.717) is 23.9 Å². The maximum absolute atomic E-state index is 12.7. The molecule has 0 unspecified atom stereocenters. The van der Waals surface area contributed by atoms with Crippen molar-refractivity contribution in [1.82, 2.24) is 30.1 Å². The highest BCUT2D eigenvalue weighted by Gasteiger charge is 2.38. The first-order valence-electron chi connectivity index (χ1n) is 10.5. The molecule has 4 aromatic rings. The zero-order valence-electron chi connectivity index (χ0n) is 18.0. The minimum atomic E-state index is -4.68. The van der Waals surface area contributed by atoms with Crippen molar-refractivity contribution in [3.8, 4) is 11.4 Å². The minimum absolute atomic E-state index is 0.126. The fourth-order valence-electron chi connectivity index (χ4n) is 3.73. The van der Waals surface area contributed by atoms with Gasteiger partial charge in [0, 0.05) is 53.7 Å². The number of anilines is 3. The fraction of sp³-hybridized carbons (Fsp3) is 0.333. The van der Waals surface area contributed by atoms with Crippen LogP contribution >= 0.6 is 11.3 Å². The molecule has 1 saturated heterocycles. The second kappa shape index (κ2) is 8.97. The molecule has 0 saturated carbocycles. The molecule has 0 amide bonds. The summed E-state index contributed by atoms with van der Waals surface area (Å²) in [6.07, 6.45) is 2.16. The lowest BCUT2D eigenvalue weighted by Crippen LogP contribution is -2.35. The highest BCUT2D eigenvalue weighted by atomic mass is 32.1. The van der Waals surface area contributed by atoms with Gasteiger partial charge in [-0.3, -0.25) is 4.98 Å². The van der Waals surface area contributed by atoms with Crippen LogP contribution < -0.4 is 10.2 Å². The first-order valence-corrected chi connectivity index (χ1v) is 11.3. The van der Waals surface area contributed by atoms with Crippen molar-refractivity contribution < 1.29 is 17.7 Å². The van der Waals surface area contributed by atoms with Gasteiger partial charge >= 0.3 is 12.1 Å². The summed E-state index contributed by atoms with van der Waals surface area (Å²) in [5, 5.41) is 7.38. The van der Waals surface area contributed by atoms with E-state index in [1.165, 1.54) is 6.20 Å². The number of hydrogen-bond acceptors (Lipinski definition) is 10. The summed E-state index contributed by atoms with van der Waals surface area (Å²) in [6.45, 7) is 3.48. The number of nitrogens with one attached hydrogen (secondary N) is 1. The molecule has 0 radical (unpaired) electrons. The van der Waals surface area contributed by atoms with E-state index < -0.39 is 12.1 Å². The number of halogens is 3. The third kappa shape index (κ3) is 4.83. The number of rotatable bonds is 5. The molecular formula is C21H19F3N8OS. The number of hydrogen-bond donors (Lipinski definition) is 1. The summed E-state index contributed by atoms with van der Waals surface area (Å²) in [4.78, 5) is 24.5. The minimum Gasteiger partial charge on any atom is -0.340 e. The largest absolute Gasteiger partial charge is 0.471 e. The zero-order valence-corrected chi connectivity index (χ0v) is 18.8. The monoisotopic (exact) mass is 488 g/mol. The van der Waals surface area contributed by atoms with Gasteiger partial charge in [0.05, 0.1) is 0 Å². The Morgan fingerprint density at radius 1 is 1.12 bits per heavy atom. The predicted octanol–water partition coefficient (Wildman–Crippen LogP) is 4.83. The van der Waals surface area contributed by atoms with Crippen molar-refractivity contribution in [2.24, 2.45) is 0 Å². The van der Waals surface area contributed by atoms with Gasteiger partial charge in [0.2, 0.25) is 11.8 Å². The van der Waals surface area contributed by atoms with Gasteiger partial charge in [-0.05, 0) is 38.0 Å². The van der Waals surface area contributed by atoms with Crippen molar-refractivity contribution in [3.63, 3.8) is 0 Å². The van der Waals surface area contributed by atoms with Gasteiger partial charge in [0.25, 0.3) is 0 Å². The number of piperidine rings is 1. The lowest BCUT2D eigenvalue weighted by atomic mass is 9.94. The maximum atomic E-state index is 12.7. The SMILES string of the molecule is Cc1cnc(Nc2ccnc(N3CCC[C@@H](c4ccc(-c5noc(C(F)(F)F)n5)cn4)C3)n2)s1. The van der Waals surface area contributed by atoms with E-state index in [-0.39, 0.29) is 11.7 Å². The lowest BCUT2D eigenvalue weighted by Gasteiger charge is -2.32. The first kappa shape index (κ1) is 22.2. The van der Waals surface area contributed by atoms with Crippen molar-refractivity contribution in [1.29, 1.82) is 0 Å². The fourth-order valence-corrected chi connectivity index (χ4v) is 4.40. The van der Waals surface area contributed by atoms with Crippen LogP contribution in [0.3, 0.4) is 0 Å². The Kier molecular flexibility index (Phi) is 5.86. The Morgan fingerprint density at radius 3 is 2.71 bits per heavy atom. The molecule has 0 bridgehead atoms. The Labute approximate surface area is 196 Å². The number of alkyl halides is 3. The van der Waals surface area contributed by atoms with Crippen molar-refractivity contribution >= 4 is 28.2 Å².